The second-order valence-electron chi connectivity index (χ2n) is 10.6. The Bertz CT molecular complexity index is 1070. The molecule has 9 heteroatoms. The average molecular weight is 539 g/mol. The number of hydrazine groups is 1. The van der Waals surface area contributed by atoms with E-state index in [2.05, 4.69) is 66.2 Å². The largest absolute Gasteiger partial charge is 0.400 e. The number of carbonyl (C=O) groups is 1. The Balaban J connectivity index is 0.000000283. The number of nitrogens with one attached hydrogen (secondary N) is 1. The molecule has 0 amide bonds. The molecule has 1 aliphatic carbocycles. The van der Waals surface area contributed by atoms with E-state index in [0.717, 1.165) is 56.3 Å². The van der Waals surface area contributed by atoms with Crippen LogP contribution in [-0.2, 0) is 0 Å². The first-order valence-electron chi connectivity index (χ1n) is 14.2. The molecule has 1 fully saturated rings. The fourth-order valence-corrected chi connectivity index (χ4v) is 4.24. The summed E-state index contributed by atoms with van der Waals surface area (Å²) in [7, 11) is 4.05. The van der Waals surface area contributed by atoms with Gasteiger partial charge in [-0.3, -0.25) is 9.80 Å². The molecule has 1 saturated carbocycles. The van der Waals surface area contributed by atoms with E-state index in [-0.39, 0.29) is 5.78 Å². The Hall–Kier alpha value is -3.17. The van der Waals surface area contributed by atoms with E-state index < -0.39 is 0 Å². The molecule has 9 nitrogen and oxygen atoms in total. The van der Waals surface area contributed by atoms with Crippen molar-refractivity contribution >= 4 is 23.2 Å². The topological polar surface area (TPSA) is 117 Å². The zero-order valence-corrected chi connectivity index (χ0v) is 25.1. The van der Waals surface area contributed by atoms with Gasteiger partial charge in [0.1, 0.15) is 5.82 Å². The van der Waals surface area contributed by atoms with Crippen LogP contribution in [0, 0.1) is 5.92 Å². The van der Waals surface area contributed by atoms with E-state index >= 15 is 0 Å². The molecule has 5 N–H and O–H groups in total. The summed E-state index contributed by atoms with van der Waals surface area (Å²) in [4.78, 5) is 24.3. The molecule has 0 radical (unpaired) electrons. The number of rotatable bonds is 14. The second kappa shape index (κ2) is 16.1. The monoisotopic (exact) mass is 538 g/mol. The molecule has 2 aromatic rings. The lowest BCUT2D eigenvalue weighted by atomic mass is 9.98. The molecule has 1 atom stereocenters. The van der Waals surface area contributed by atoms with Crippen molar-refractivity contribution in [3.05, 3.63) is 53.5 Å². The van der Waals surface area contributed by atoms with Crippen molar-refractivity contribution in [2.45, 2.75) is 66.2 Å². The fourth-order valence-electron chi connectivity index (χ4n) is 4.24. The average Bonchev–Trinajstić information content (AvgIpc) is 3.72. The highest BCUT2D eigenvalue weighted by Crippen LogP contribution is 2.29. The summed E-state index contributed by atoms with van der Waals surface area (Å²) < 4.78 is 0. The van der Waals surface area contributed by atoms with Crippen molar-refractivity contribution in [2.24, 2.45) is 17.5 Å². The number of aromatic nitrogens is 2. The first kappa shape index (κ1) is 32.0. The Morgan fingerprint density at radius 1 is 1.23 bits per heavy atom. The van der Waals surface area contributed by atoms with E-state index in [1.54, 1.807) is 11.2 Å². The Labute approximate surface area is 235 Å². The lowest BCUT2D eigenvalue weighted by Crippen LogP contribution is -2.30. The zero-order valence-electron chi connectivity index (χ0n) is 25.1. The van der Waals surface area contributed by atoms with Gasteiger partial charge >= 0.3 is 0 Å². The maximum atomic E-state index is 11.5. The van der Waals surface area contributed by atoms with Crippen molar-refractivity contribution in [3.8, 4) is 0 Å². The highest BCUT2D eigenvalue weighted by atomic mass is 16.1. The van der Waals surface area contributed by atoms with Crippen LogP contribution in [0.2, 0.25) is 0 Å². The van der Waals surface area contributed by atoms with Crippen molar-refractivity contribution in [3.63, 3.8) is 0 Å². The Morgan fingerprint density at radius 3 is 2.54 bits per heavy atom. The third-order valence-electron chi connectivity index (χ3n) is 6.78. The summed E-state index contributed by atoms with van der Waals surface area (Å²) in [6.45, 7) is 13.6. The van der Waals surface area contributed by atoms with E-state index in [1.807, 2.05) is 31.1 Å². The molecule has 0 saturated heterocycles. The summed E-state index contributed by atoms with van der Waals surface area (Å²) in [6, 6.07) is 8.37. The summed E-state index contributed by atoms with van der Waals surface area (Å²) in [5.41, 5.74) is 9.78. The fraction of sp³-hybridized carbons (Fsp3) is 0.567. The SMILES string of the molecule is CCC(C)c1cccc(N(N)/C=C(\N)CN(C)CC2CC2)c1.CCCN(C)c1nc(NCC)ncc1C(C)=O. The molecule has 3 rings (SSSR count). The first-order valence-corrected chi connectivity index (χ1v) is 14.2. The number of ketones is 1. The van der Waals surface area contributed by atoms with E-state index in [9.17, 15) is 4.79 Å². The molecular formula is C30H50N8O. The van der Waals surface area contributed by atoms with Gasteiger partial charge in [0.25, 0.3) is 0 Å². The Morgan fingerprint density at radius 2 is 1.95 bits per heavy atom. The van der Waals surface area contributed by atoms with Gasteiger partial charge in [-0.15, -0.1) is 0 Å². The van der Waals surface area contributed by atoms with Gasteiger partial charge in [-0.1, -0.05) is 32.9 Å². The standard InChI is InChI=1S/C18H30N4.C12H20N4O/c1-4-14(2)16-6-5-7-18(10-16)22(20)13-17(19)12-21(3)11-15-8-9-15;1-5-7-16(4)11-10(9(3)17)8-14-12(15-11)13-6-2/h5-7,10,13-15H,4,8-9,11-12,19-20H2,1-3H3;8H,5-7H2,1-4H3,(H,13,14,15)/b17-13-;. The lowest BCUT2D eigenvalue weighted by Gasteiger charge is -2.20. The number of benzene rings is 1. The van der Waals surface area contributed by atoms with Crippen molar-refractivity contribution in [2.75, 3.05) is 55.5 Å². The first-order chi connectivity index (χ1) is 18.6. The van der Waals surface area contributed by atoms with Gasteiger partial charge in [-0.25, -0.2) is 10.8 Å². The number of likely N-dealkylation sites (N-methyl/N-ethyl adjacent to an activating group) is 1. The molecule has 0 bridgehead atoms. The molecule has 1 aromatic heterocycles. The summed E-state index contributed by atoms with van der Waals surface area (Å²) in [5.74, 6) is 8.83. The molecule has 216 valence electrons. The lowest BCUT2D eigenvalue weighted by molar-refractivity contribution is 0.101. The third-order valence-corrected chi connectivity index (χ3v) is 6.78. The van der Waals surface area contributed by atoms with Gasteiger partial charge in [0.2, 0.25) is 5.95 Å². The van der Waals surface area contributed by atoms with Crippen LogP contribution in [0.3, 0.4) is 0 Å². The molecule has 1 heterocycles. The van der Waals surface area contributed by atoms with Gasteiger partial charge in [0, 0.05) is 51.3 Å². The molecule has 1 unspecified atom stereocenters. The minimum Gasteiger partial charge on any atom is -0.400 e. The molecule has 39 heavy (non-hydrogen) atoms. The molecular weight excluding hydrogens is 488 g/mol. The molecule has 0 aliphatic heterocycles. The van der Waals surface area contributed by atoms with Crippen molar-refractivity contribution in [1.29, 1.82) is 0 Å². The van der Waals surface area contributed by atoms with Crippen LogP contribution in [0.15, 0.2) is 42.4 Å². The summed E-state index contributed by atoms with van der Waals surface area (Å²) >= 11 is 0. The smallest absolute Gasteiger partial charge is 0.224 e. The number of nitrogens with two attached hydrogens (primary N) is 2. The van der Waals surface area contributed by atoms with Gasteiger partial charge in [0.15, 0.2) is 5.78 Å². The predicted molar refractivity (Wildman–Crippen MR) is 164 cm³/mol. The van der Waals surface area contributed by atoms with Gasteiger partial charge in [-0.05, 0) is 76.1 Å². The Kier molecular flexibility index (Phi) is 13.2. The number of hydrogen-bond donors (Lipinski definition) is 3. The van der Waals surface area contributed by atoms with E-state index in [1.165, 1.54) is 25.3 Å². The number of nitrogens with zero attached hydrogens (tertiary/aromatic N) is 5. The van der Waals surface area contributed by atoms with Gasteiger partial charge in [-0.2, -0.15) is 4.98 Å². The highest BCUT2D eigenvalue weighted by molar-refractivity contribution is 5.98. The molecule has 1 aliphatic rings. The summed E-state index contributed by atoms with van der Waals surface area (Å²) in [6.07, 6.45) is 8.28. The minimum atomic E-state index is -0.00833. The van der Waals surface area contributed by atoms with Crippen LogP contribution >= 0.6 is 0 Å². The van der Waals surface area contributed by atoms with E-state index in [0.29, 0.717) is 23.2 Å². The van der Waals surface area contributed by atoms with E-state index in [4.69, 9.17) is 11.6 Å². The highest BCUT2D eigenvalue weighted by Gasteiger charge is 2.22. The number of carbonyl (C=O) groups excluding carboxylic acids is 1. The van der Waals surface area contributed by atoms with Gasteiger partial charge < -0.3 is 20.9 Å². The normalized spacial score (nSPS) is 13.9. The second-order valence-corrected chi connectivity index (χ2v) is 10.6. The van der Waals surface area contributed by atoms with Crippen molar-refractivity contribution in [1.82, 2.24) is 14.9 Å². The van der Waals surface area contributed by atoms with Crippen molar-refractivity contribution < 1.29 is 4.79 Å². The minimum absolute atomic E-state index is 0.00833. The van der Waals surface area contributed by atoms with Crippen LogP contribution in [0.5, 0.6) is 0 Å². The van der Waals surface area contributed by atoms with Crippen LogP contribution in [0.4, 0.5) is 17.5 Å². The maximum absolute atomic E-state index is 11.5. The van der Waals surface area contributed by atoms with Crippen LogP contribution < -0.4 is 26.8 Å². The maximum Gasteiger partial charge on any atom is 0.224 e. The molecule has 1 aromatic carbocycles. The summed E-state index contributed by atoms with van der Waals surface area (Å²) in [5, 5.41) is 4.68. The molecule has 0 spiro atoms. The quantitative estimate of drug-likeness (QED) is 0.174. The predicted octanol–water partition coefficient (Wildman–Crippen LogP) is 4.98. The van der Waals surface area contributed by atoms with Crippen LogP contribution in [-0.4, -0.2) is 60.9 Å². The number of anilines is 3. The van der Waals surface area contributed by atoms with Crippen LogP contribution in [0.1, 0.15) is 82.1 Å². The third kappa shape index (κ3) is 10.8. The number of hydrogen-bond acceptors (Lipinski definition) is 9. The van der Waals surface area contributed by atoms with Gasteiger partial charge in [0.05, 0.1) is 11.3 Å². The number of Topliss-reactive ketones (excluding diaryl/α,β-unsaturated/α-hetero) is 1. The van der Waals surface area contributed by atoms with Crippen LogP contribution in [0.25, 0.3) is 0 Å². The zero-order chi connectivity index (χ0) is 28.9.